The molecule has 17 heavy (non-hydrogen) atoms. The summed E-state index contributed by atoms with van der Waals surface area (Å²) in [6.45, 7) is 5.02. The van der Waals surface area contributed by atoms with E-state index in [1.54, 1.807) is 24.3 Å². The fourth-order valence-corrected chi connectivity index (χ4v) is 1.53. The molecule has 0 bridgehead atoms. The Bertz CT molecular complexity index is 403. The Labute approximate surface area is 101 Å². The van der Waals surface area contributed by atoms with E-state index in [-0.39, 0.29) is 12.5 Å². The van der Waals surface area contributed by atoms with Crippen LogP contribution in [-0.2, 0) is 4.79 Å². The first-order valence-corrected chi connectivity index (χ1v) is 5.38. The Kier molecular flexibility index (Phi) is 4.87. The zero-order valence-corrected chi connectivity index (χ0v) is 9.76. The molecule has 2 atom stereocenters. The number of nitrogens with one attached hydrogen (secondary N) is 1. The number of carbonyl (C=O) groups is 1. The molecule has 3 N–H and O–H groups in total. The molecule has 4 nitrogen and oxygen atoms in total. The first-order valence-electron chi connectivity index (χ1n) is 5.38. The SMILES string of the molecule is C=Cc1ccccc1C(O)C(O)CNC(C)=O. The molecule has 92 valence electrons. The Hall–Kier alpha value is -1.65. The van der Waals surface area contributed by atoms with Crippen LogP contribution in [0.5, 0.6) is 0 Å². The van der Waals surface area contributed by atoms with Gasteiger partial charge in [0.1, 0.15) is 12.2 Å². The highest BCUT2D eigenvalue weighted by molar-refractivity contribution is 5.72. The van der Waals surface area contributed by atoms with Crippen LogP contribution in [0.25, 0.3) is 6.08 Å². The van der Waals surface area contributed by atoms with Crippen LogP contribution in [0, 0.1) is 0 Å². The first kappa shape index (κ1) is 13.4. The van der Waals surface area contributed by atoms with E-state index in [4.69, 9.17) is 0 Å². The van der Waals surface area contributed by atoms with E-state index in [0.717, 1.165) is 5.56 Å². The first-order chi connectivity index (χ1) is 8.06. The molecule has 0 saturated heterocycles. The van der Waals surface area contributed by atoms with Gasteiger partial charge in [-0.3, -0.25) is 4.79 Å². The van der Waals surface area contributed by atoms with Crippen LogP contribution >= 0.6 is 0 Å². The summed E-state index contributed by atoms with van der Waals surface area (Å²) in [7, 11) is 0. The number of rotatable bonds is 5. The van der Waals surface area contributed by atoms with Gasteiger partial charge in [-0.05, 0) is 11.1 Å². The van der Waals surface area contributed by atoms with Crippen molar-refractivity contribution in [3.05, 3.63) is 42.0 Å². The minimum absolute atomic E-state index is 0.0159. The number of hydrogen-bond acceptors (Lipinski definition) is 3. The second-order valence-corrected chi connectivity index (χ2v) is 3.78. The fraction of sp³-hybridized carbons (Fsp3) is 0.308. The summed E-state index contributed by atoms with van der Waals surface area (Å²) in [5, 5.41) is 22.2. The maximum absolute atomic E-state index is 10.7. The molecule has 0 aliphatic heterocycles. The van der Waals surface area contributed by atoms with Crippen molar-refractivity contribution >= 4 is 12.0 Å². The molecule has 2 unspecified atom stereocenters. The summed E-state index contributed by atoms with van der Waals surface area (Å²) >= 11 is 0. The van der Waals surface area contributed by atoms with Gasteiger partial charge in [-0.2, -0.15) is 0 Å². The van der Waals surface area contributed by atoms with Crippen LogP contribution in [0.4, 0.5) is 0 Å². The normalized spacial score (nSPS) is 13.8. The molecular formula is C13H17NO3. The lowest BCUT2D eigenvalue weighted by molar-refractivity contribution is -0.119. The highest BCUT2D eigenvalue weighted by atomic mass is 16.3. The summed E-state index contributed by atoms with van der Waals surface area (Å²) in [4.78, 5) is 10.7. The quantitative estimate of drug-likeness (QED) is 0.709. The second kappa shape index (κ2) is 6.18. The zero-order chi connectivity index (χ0) is 12.8. The van der Waals surface area contributed by atoms with Gasteiger partial charge < -0.3 is 15.5 Å². The molecule has 0 aliphatic rings. The zero-order valence-electron chi connectivity index (χ0n) is 9.76. The third-order valence-corrected chi connectivity index (χ3v) is 2.46. The minimum Gasteiger partial charge on any atom is -0.388 e. The number of hydrogen-bond donors (Lipinski definition) is 3. The van der Waals surface area contributed by atoms with Gasteiger partial charge >= 0.3 is 0 Å². The highest BCUT2D eigenvalue weighted by Crippen LogP contribution is 2.21. The lowest BCUT2D eigenvalue weighted by Gasteiger charge is -2.20. The van der Waals surface area contributed by atoms with Gasteiger partial charge in [0.2, 0.25) is 5.91 Å². The number of benzene rings is 1. The molecule has 1 rings (SSSR count). The predicted molar refractivity (Wildman–Crippen MR) is 66.2 cm³/mol. The topological polar surface area (TPSA) is 69.6 Å². The van der Waals surface area contributed by atoms with Crippen LogP contribution in [-0.4, -0.2) is 28.8 Å². The fourth-order valence-electron chi connectivity index (χ4n) is 1.53. The predicted octanol–water partition coefficient (Wildman–Crippen LogP) is 0.860. The van der Waals surface area contributed by atoms with Gasteiger partial charge in [0.05, 0.1) is 0 Å². The van der Waals surface area contributed by atoms with Gasteiger partial charge in [-0.15, -0.1) is 0 Å². The summed E-state index contributed by atoms with van der Waals surface area (Å²) in [5.74, 6) is -0.242. The van der Waals surface area contributed by atoms with Gasteiger partial charge in [0.15, 0.2) is 0 Å². The largest absolute Gasteiger partial charge is 0.388 e. The molecule has 0 saturated carbocycles. The Morgan fingerprint density at radius 3 is 2.71 bits per heavy atom. The van der Waals surface area contributed by atoms with Gasteiger partial charge in [0.25, 0.3) is 0 Å². The van der Waals surface area contributed by atoms with E-state index >= 15 is 0 Å². The van der Waals surface area contributed by atoms with Crippen molar-refractivity contribution < 1.29 is 15.0 Å². The van der Waals surface area contributed by atoms with Crippen molar-refractivity contribution in [2.45, 2.75) is 19.1 Å². The van der Waals surface area contributed by atoms with Crippen molar-refractivity contribution in [1.29, 1.82) is 0 Å². The molecule has 4 heteroatoms. The summed E-state index contributed by atoms with van der Waals surface area (Å²) in [5.41, 5.74) is 1.36. The second-order valence-electron chi connectivity index (χ2n) is 3.78. The average Bonchev–Trinajstić information content (AvgIpc) is 2.34. The van der Waals surface area contributed by atoms with Crippen LogP contribution < -0.4 is 5.32 Å². The number of aliphatic hydroxyl groups is 2. The average molecular weight is 235 g/mol. The number of carbonyl (C=O) groups excluding carboxylic acids is 1. The Morgan fingerprint density at radius 1 is 1.47 bits per heavy atom. The lowest BCUT2D eigenvalue weighted by atomic mass is 9.98. The van der Waals surface area contributed by atoms with Gasteiger partial charge in [-0.1, -0.05) is 36.9 Å². The molecule has 1 aromatic carbocycles. The Morgan fingerprint density at radius 2 is 2.12 bits per heavy atom. The van der Waals surface area contributed by atoms with Crippen LogP contribution in [0.2, 0.25) is 0 Å². The van der Waals surface area contributed by atoms with Gasteiger partial charge in [-0.25, -0.2) is 0 Å². The molecule has 1 aromatic rings. The van der Waals surface area contributed by atoms with Crippen LogP contribution in [0.3, 0.4) is 0 Å². The molecule has 0 aromatic heterocycles. The van der Waals surface area contributed by atoms with E-state index in [0.29, 0.717) is 5.56 Å². The molecular weight excluding hydrogens is 218 g/mol. The van der Waals surface area contributed by atoms with Crippen LogP contribution in [0.1, 0.15) is 24.2 Å². The smallest absolute Gasteiger partial charge is 0.216 e. The summed E-state index contributed by atoms with van der Waals surface area (Å²) in [6.07, 6.45) is -0.472. The molecule has 0 aliphatic carbocycles. The van der Waals surface area contributed by atoms with E-state index < -0.39 is 12.2 Å². The molecule has 0 radical (unpaired) electrons. The standard InChI is InChI=1S/C13H17NO3/c1-3-10-6-4-5-7-11(10)13(17)12(16)8-14-9(2)15/h3-7,12-13,16-17H,1,8H2,2H3,(H,14,15). The minimum atomic E-state index is -1.05. The third-order valence-electron chi connectivity index (χ3n) is 2.46. The van der Waals surface area contributed by atoms with Crippen molar-refractivity contribution in [1.82, 2.24) is 5.32 Å². The van der Waals surface area contributed by atoms with Crippen molar-refractivity contribution in [2.24, 2.45) is 0 Å². The maximum atomic E-state index is 10.7. The van der Waals surface area contributed by atoms with Gasteiger partial charge in [0, 0.05) is 13.5 Å². The van der Waals surface area contributed by atoms with E-state index in [1.807, 2.05) is 6.07 Å². The van der Waals surface area contributed by atoms with E-state index in [1.165, 1.54) is 6.92 Å². The lowest BCUT2D eigenvalue weighted by Crippen LogP contribution is -2.34. The maximum Gasteiger partial charge on any atom is 0.216 e. The summed E-state index contributed by atoms with van der Waals surface area (Å²) < 4.78 is 0. The van der Waals surface area contributed by atoms with Crippen molar-refractivity contribution in [2.75, 3.05) is 6.54 Å². The summed E-state index contributed by atoms with van der Waals surface area (Å²) in [6, 6.07) is 7.12. The molecule has 0 fully saturated rings. The molecule has 0 spiro atoms. The Balaban J connectivity index is 2.77. The number of amides is 1. The highest BCUT2D eigenvalue weighted by Gasteiger charge is 2.20. The van der Waals surface area contributed by atoms with Crippen LogP contribution in [0.15, 0.2) is 30.8 Å². The molecule has 1 amide bonds. The van der Waals surface area contributed by atoms with E-state index in [9.17, 15) is 15.0 Å². The monoisotopic (exact) mass is 235 g/mol. The molecule has 0 heterocycles. The van der Waals surface area contributed by atoms with Crippen molar-refractivity contribution in [3.63, 3.8) is 0 Å². The van der Waals surface area contributed by atoms with Crippen molar-refractivity contribution in [3.8, 4) is 0 Å². The third kappa shape index (κ3) is 3.69. The number of aliphatic hydroxyl groups excluding tert-OH is 2. The van der Waals surface area contributed by atoms with E-state index in [2.05, 4.69) is 11.9 Å².